The predicted molar refractivity (Wildman–Crippen MR) is 33.4 cm³/mol. The summed E-state index contributed by atoms with van der Waals surface area (Å²) >= 11 is 0. The van der Waals surface area contributed by atoms with E-state index in [0.29, 0.717) is 0 Å². The first-order valence-electron chi connectivity index (χ1n) is 2.47. The van der Waals surface area contributed by atoms with Gasteiger partial charge >= 0.3 is 0 Å². The molecule has 1 aromatic rings. The van der Waals surface area contributed by atoms with E-state index in [2.05, 4.69) is 4.98 Å². The summed E-state index contributed by atoms with van der Waals surface area (Å²) in [5.74, 6) is 5.17. The Labute approximate surface area is 56.3 Å². The Bertz CT molecular complexity index is 334. The summed E-state index contributed by atoms with van der Waals surface area (Å²) in [6.07, 6.45) is 2.36. The van der Waals surface area contributed by atoms with Crippen LogP contribution < -0.4 is 11.4 Å². The van der Waals surface area contributed by atoms with Gasteiger partial charge in [0.1, 0.15) is 18.0 Å². The predicted octanol–water partition coefficient (Wildman–Crippen LogP) is -1.17. The van der Waals surface area contributed by atoms with Crippen molar-refractivity contribution in [3.8, 4) is 6.07 Å². The molecule has 0 bridgehead atoms. The summed E-state index contributed by atoms with van der Waals surface area (Å²) in [6, 6.07) is 1.66. The fourth-order valence-electron chi connectivity index (χ4n) is 0.503. The molecule has 50 valence electrons. The zero-order valence-corrected chi connectivity index (χ0v) is 4.98. The highest BCUT2D eigenvalue weighted by atomic mass is 16.1. The quantitative estimate of drug-likeness (QED) is 0.455. The zero-order chi connectivity index (χ0) is 7.56. The molecule has 10 heavy (non-hydrogen) atoms. The molecule has 0 unspecified atom stereocenters. The maximum atomic E-state index is 10.6. The van der Waals surface area contributed by atoms with Crippen LogP contribution in [0.15, 0.2) is 17.3 Å². The van der Waals surface area contributed by atoms with Crippen molar-refractivity contribution in [1.29, 1.82) is 5.26 Å². The van der Waals surface area contributed by atoms with Gasteiger partial charge in [-0.15, -0.1) is 0 Å². The van der Waals surface area contributed by atoms with E-state index in [0.717, 1.165) is 11.0 Å². The van der Waals surface area contributed by atoms with Crippen LogP contribution in [0, 0.1) is 11.3 Å². The van der Waals surface area contributed by atoms with E-state index in [1.54, 1.807) is 6.07 Å². The van der Waals surface area contributed by atoms with Crippen LogP contribution in [0.3, 0.4) is 0 Å². The van der Waals surface area contributed by atoms with Crippen molar-refractivity contribution in [2.45, 2.75) is 0 Å². The minimum atomic E-state index is -0.552. The lowest BCUT2D eigenvalue weighted by Crippen LogP contribution is -2.18. The molecule has 2 N–H and O–H groups in total. The van der Waals surface area contributed by atoms with Crippen LogP contribution in [-0.2, 0) is 0 Å². The molecule has 0 spiro atoms. The average Bonchev–Trinajstić information content (AvgIpc) is 1.94. The van der Waals surface area contributed by atoms with E-state index in [1.807, 2.05) is 0 Å². The van der Waals surface area contributed by atoms with Gasteiger partial charge in [0, 0.05) is 0 Å². The van der Waals surface area contributed by atoms with Crippen LogP contribution in [0.1, 0.15) is 5.56 Å². The average molecular weight is 136 g/mol. The van der Waals surface area contributed by atoms with Crippen molar-refractivity contribution in [1.82, 2.24) is 9.66 Å². The fourth-order valence-corrected chi connectivity index (χ4v) is 0.503. The highest BCUT2D eigenvalue weighted by Crippen LogP contribution is 1.80. The maximum absolute atomic E-state index is 10.6. The number of hydrogen-bond acceptors (Lipinski definition) is 4. The molecule has 1 rings (SSSR count). The standard InChI is InChI=1S/C5H4N4O/c6-1-4-2-9(7)3-8-5(4)10/h2-3H,7H2. The van der Waals surface area contributed by atoms with Crippen molar-refractivity contribution in [2.75, 3.05) is 5.84 Å². The summed E-state index contributed by atoms with van der Waals surface area (Å²) in [4.78, 5) is 13.9. The molecule has 1 aromatic heterocycles. The van der Waals surface area contributed by atoms with E-state index < -0.39 is 5.56 Å². The molecule has 0 atom stereocenters. The number of hydrogen-bond donors (Lipinski definition) is 1. The first kappa shape index (κ1) is 6.29. The van der Waals surface area contributed by atoms with Gasteiger partial charge in [-0.2, -0.15) is 10.2 Å². The number of nitrogens with two attached hydrogens (primary N) is 1. The van der Waals surface area contributed by atoms with Crippen LogP contribution in [0.4, 0.5) is 0 Å². The van der Waals surface area contributed by atoms with Crippen molar-refractivity contribution < 1.29 is 0 Å². The highest BCUT2D eigenvalue weighted by molar-refractivity contribution is 5.21. The van der Waals surface area contributed by atoms with Gasteiger partial charge in [0.15, 0.2) is 0 Å². The molecular formula is C5H4N4O. The third-order valence-corrected chi connectivity index (χ3v) is 0.937. The molecule has 0 saturated heterocycles. The van der Waals surface area contributed by atoms with Gasteiger partial charge in [0.25, 0.3) is 5.56 Å². The molecule has 0 aliphatic rings. The van der Waals surface area contributed by atoms with Crippen LogP contribution >= 0.6 is 0 Å². The molecule has 0 radical (unpaired) electrons. The molecule has 5 heteroatoms. The minimum absolute atomic E-state index is 0.0509. The van der Waals surface area contributed by atoms with Crippen molar-refractivity contribution in [3.05, 3.63) is 28.4 Å². The molecule has 5 nitrogen and oxygen atoms in total. The molecule has 0 amide bonds. The first-order valence-corrected chi connectivity index (χ1v) is 2.47. The Morgan fingerprint density at radius 2 is 2.50 bits per heavy atom. The summed E-state index contributed by atoms with van der Waals surface area (Å²) in [5, 5.41) is 8.28. The summed E-state index contributed by atoms with van der Waals surface area (Å²) in [5.41, 5.74) is -0.603. The van der Waals surface area contributed by atoms with Crippen LogP contribution in [0.5, 0.6) is 0 Å². The lowest BCUT2D eigenvalue weighted by molar-refractivity contribution is 0.911. The van der Waals surface area contributed by atoms with Crippen molar-refractivity contribution in [2.24, 2.45) is 0 Å². The second-order valence-corrected chi connectivity index (χ2v) is 1.65. The van der Waals surface area contributed by atoms with Gasteiger partial charge in [-0.3, -0.25) is 9.47 Å². The van der Waals surface area contributed by atoms with Gasteiger partial charge in [-0.05, 0) is 0 Å². The number of nitrogens with zero attached hydrogens (tertiary/aromatic N) is 3. The topological polar surface area (TPSA) is 84.7 Å². The van der Waals surface area contributed by atoms with E-state index >= 15 is 0 Å². The first-order chi connectivity index (χ1) is 4.74. The van der Waals surface area contributed by atoms with Crippen molar-refractivity contribution >= 4 is 0 Å². The zero-order valence-electron chi connectivity index (χ0n) is 4.98. The lowest BCUT2D eigenvalue weighted by Gasteiger charge is -1.93. The van der Waals surface area contributed by atoms with Crippen LogP contribution in [-0.4, -0.2) is 9.66 Å². The number of nitrogen functional groups attached to an aromatic ring is 1. The Kier molecular flexibility index (Phi) is 1.38. The Hall–Kier alpha value is -1.83. The molecule has 0 aliphatic heterocycles. The maximum Gasteiger partial charge on any atom is 0.290 e. The largest absolute Gasteiger partial charge is 0.338 e. The SMILES string of the molecule is N#Cc1cn(N)cnc1=O. The third-order valence-electron chi connectivity index (χ3n) is 0.937. The number of rotatable bonds is 0. The summed E-state index contributed by atoms with van der Waals surface area (Å²) in [7, 11) is 0. The number of aromatic nitrogens is 2. The van der Waals surface area contributed by atoms with E-state index in [4.69, 9.17) is 11.1 Å². The molecule has 1 heterocycles. The van der Waals surface area contributed by atoms with E-state index in [9.17, 15) is 4.79 Å². The number of nitriles is 1. The van der Waals surface area contributed by atoms with Crippen LogP contribution in [0.25, 0.3) is 0 Å². The molecule has 0 fully saturated rings. The smallest absolute Gasteiger partial charge is 0.290 e. The van der Waals surface area contributed by atoms with Crippen molar-refractivity contribution in [3.63, 3.8) is 0 Å². The van der Waals surface area contributed by atoms with Gasteiger partial charge < -0.3 is 5.84 Å². The van der Waals surface area contributed by atoms with Gasteiger partial charge in [-0.1, -0.05) is 0 Å². The second kappa shape index (κ2) is 2.19. The molecule has 0 saturated carbocycles. The van der Waals surface area contributed by atoms with E-state index in [-0.39, 0.29) is 5.56 Å². The molecular weight excluding hydrogens is 132 g/mol. The Balaban J connectivity index is 3.40. The van der Waals surface area contributed by atoms with Gasteiger partial charge in [0.05, 0.1) is 6.20 Å². The molecule has 0 aromatic carbocycles. The summed E-state index contributed by atoms with van der Waals surface area (Å²) in [6.45, 7) is 0. The molecule has 0 aliphatic carbocycles. The normalized spacial score (nSPS) is 8.70. The van der Waals surface area contributed by atoms with Gasteiger partial charge in [-0.25, -0.2) is 0 Å². The lowest BCUT2D eigenvalue weighted by atomic mass is 10.4. The van der Waals surface area contributed by atoms with Crippen LogP contribution in [0.2, 0.25) is 0 Å². The summed E-state index contributed by atoms with van der Waals surface area (Å²) < 4.78 is 1.06. The fraction of sp³-hybridized carbons (Fsp3) is 0. The van der Waals surface area contributed by atoms with Gasteiger partial charge in [0.2, 0.25) is 0 Å². The third kappa shape index (κ3) is 0.951. The van der Waals surface area contributed by atoms with E-state index in [1.165, 1.54) is 6.20 Å². The minimum Gasteiger partial charge on any atom is -0.338 e. The Morgan fingerprint density at radius 1 is 1.80 bits per heavy atom. The highest BCUT2D eigenvalue weighted by Gasteiger charge is 1.95. The second-order valence-electron chi connectivity index (χ2n) is 1.65. The Morgan fingerprint density at radius 3 is 3.00 bits per heavy atom. The monoisotopic (exact) mass is 136 g/mol.